The Kier molecular flexibility index (Phi) is 6.36. The van der Waals surface area contributed by atoms with Crippen molar-refractivity contribution < 1.29 is 26.6 Å². The number of rotatable bonds is 12. The van der Waals surface area contributed by atoms with Crippen molar-refractivity contribution in [1.29, 1.82) is 5.26 Å². The van der Waals surface area contributed by atoms with Gasteiger partial charge in [-0.1, -0.05) is 23.7 Å². The number of anilines is 2. The van der Waals surface area contributed by atoms with E-state index in [4.69, 9.17) is 33.4 Å². The van der Waals surface area contributed by atoms with E-state index in [0.717, 1.165) is 11.0 Å². The summed E-state index contributed by atoms with van der Waals surface area (Å²) >= 11 is 6.50. The summed E-state index contributed by atoms with van der Waals surface area (Å²) < 4.78 is 80.4. The summed E-state index contributed by atoms with van der Waals surface area (Å²) in [4.78, 5) is 22.5. The van der Waals surface area contributed by atoms with Gasteiger partial charge in [-0.25, -0.2) is 0 Å². The molecule has 0 saturated carbocycles. The molecule has 40 heavy (non-hydrogen) atoms. The minimum Gasteiger partial charge on any atom is -0.494 e. The number of ether oxygens (including phenoxy) is 2. The van der Waals surface area contributed by atoms with Crippen LogP contribution in [0.1, 0.15) is 36.0 Å². The molecule has 204 valence electrons. The van der Waals surface area contributed by atoms with E-state index in [-0.39, 0.29) is 52.3 Å². The maximum absolute atomic E-state index is 13.1. The average Bonchev–Trinajstić information content (AvgIpc) is 3.00. The molecule has 2 aromatic heterocycles. The molecular formula is C31H30ClN5O3. The lowest BCUT2D eigenvalue weighted by molar-refractivity contribution is -0.114. The number of benzene rings is 2. The Morgan fingerprint density at radius 3 is 2.90 bits per heavy atom. The lowest BCUT2D eigenvalue weighted by Crippen LogP contribution is -2.11. The maximum Gasteiger partial charge on any atom is 0.159 e. The van der Waals surface area contributed by atoms with Crippen LogP contribution in [-0.2, 0) is 17.8 Å². The third-order valence-electron chi connectivity index (χ3n) is 5.59. The number of hydrogen-bond donors (Lipinski definition) is 1. The number of halogens is 1. The number of aromatic nitrogens is 2. The van der Waals surface area contributed by atoms with Crippen LogP contribution >= 0.6 is 11.6 Å². The van der Waals surface area contributed by atoms with Crippen molar-refractivity contribution >= 4 is 39.7 Å². The van der Waals surface area contributed by atoms with E-state index < -0.39 is 32.6 Å². The van der Waals surface area contributed by atoms with Crippen LogP contribution in [0.25, 0.3) is 10.9 Å². The van der Waals surface area contributed by atoms with Gasteiger partial charge >= 0.3 is 0 Å². The van der Waals surface area contributed by atoms with Gasteiger partial charge in [-0.3, -0.25) is 14.8 Å². The van der Waals surface area contributed by atoms with Crippen molar-refractivity contribution in [3.63, 3.8) is 0 Å². The van der Waals surface area contributed by atoms with Gasteiger partial charge < -0.3 is 19.7 Å². The molecule has 0 atom stereocenters. The Morgan fingerprint density at radius 1 is 1.25 bits per heavy atom. The summed E-state index contributed by atoms with van der Waals surface area (Å²) in [5.74, 6) is -0.590. The molecule has 0 unspecified atom stereocenters. The molecule has 8 nitrogen and oxygen atoms in total. The van der Waals surface area contributed by atoms with E-state index in [0.29, 0.717) is 22.5 Å². The van der Waals surface area contributed by atoms with Gasteiger partial charge in [0.25, 0.3) is 0 Å². The molecule has 0 aliphatic heterocycles. The Labute approximate surface area is 251 Å². The number of carbonyl (C=O) groups excluding carboxylic acids is 1. The van der Waals surface area contributed by atoms with E-state index >= 15 is 0 Å². The first-order chi connectivity index (χ1) is 22.9. The van der Waals surface area contributed by atoms with Gasteiger partial charge in [-0.2, -0.15) is 5.26 Å². The second-order valence-corrected chi connectivity index (χ2v) is 8.97. The third-order valence-corrected chi connectivity index (χ3v) is 5.89. The van der Waals surface area contributed by atoms with Crippen LogP contribution in [0.4, 0.5) is 11.4 Å². The largest absolute Gasteiger partial charge is 0.494 e. The number of fused-ring (bicyclic) bond motifs is 1. The number of ketones is 1. The summed E-state index contributed by atoms with van der Waals surface area (Å²) in [7, 11) is 1.27. The molecule has 0 spiro atoms. The summed E-state index contributed by atoms with van der Waals surface area (Å²) in [6.07, 6.45) is 3.34. The molecule has 0 fully saturated rings. The number of carbonyl (C=O) groups is 1. The normalized spacial score (nSPS) is 15.7. The van der Waals surface area contributed by atoms with Crippen LogP contribution in [0.15, 0.2) is 73.1 Å². The van der Waals surface area contributed by atoms with Crippen LogP contribution < -0.4 is 14.8 Å². The lowest BCUT2D eigenvalue weighted by Gasteiger charge is -2.16. The van der Waals surface area contributed by atoms with Gasteiger partial charge in [0.15, 0.2) is 5.78 Å². The van der Waals surface area contributed by atoms with Gasteiger partial charge in [0.05, 0.1) is 38.2 Å². The molecule has 0 bridgehead atoms. The van der Waals surface area contributed by atoms with Crippen molar-refractivity contribution in [2.24, 2.45) is 0 Å². The van der Waals surface area contributed by atoms with Gasteiger partial charge in [0.2, 0.25) is 0 Å². The first kappa shape index (κ1) is 18.8. The van der Waals surface area contributed by atoms with Crippen molar-refractivity contribution in [1.82, 2.24) is 14.9 Å². The van der Waals surface area contributed by atoms with E-state index in [2.05, 4.69) is 21.4 Å². The molecule has 2 heterocycles. The second-order valence-electron chi connectivity index (χ2n) is 8.57. The summed E-state index contributed by atoms with van der Waals surface area (Å²) in [6.45, 7) is -9.03. The molecule has 0 aliphatic rings. The molecule has 9 heteroatoms. The Morgan fingerprint density at radius 2 is 2.15 bits per heavy atom. The van der Waals surface area contributed by atoms with Gasteiger partial charge in [-0.15, -0.1) is 0 Å². The Bertz CT molecular complexity index is 1910. The maximum atomic E-state index is 13.1. The lowest BCUT2D eigenvalue weighted by atomic mass is 10.0. The summed E-state index contributed by atoms with van der Waals surface area (Å²) in [5, 5.41) is 13.6. The average molecular weight is 565 g/mol. The van der Waals surface area contributed by atoms with E-state index in [1.54, 1.807) is 36.5 Å². The highest BCUT2D eigenvalue weighted by Crippen LogP contribution is 2.36. The van der Waals surface area contributed by atoms with Crippen molar-refractivity contribution in [3.05, 3.63) is 94.9 Å². The third kappa shape index (κ3) is 7.35. The Balaban J connectivity index is 1.73. The van der Waals surface area contributed by atoms with Gasteiger partial charge in [-0.05, 0) is 63.3 Å². The SMILES string of the molecule is [2H]/C(=C\C(=O)Cc1cc2c(Nc3ccc(OCc4ccccn4)c(Cl)c3)c(C#N)cnc2cc1OC([2H])([2H])C([2H])([2H])[2H])CN(C)C([2H])([2H])[2H]. The number of hydrogen-bond acceptors (Lipinski definition) is 8. The quantitative estimate of drug-likeness (QED) is 0.206. The monoisotopic (exact) mass is 564 g/mol. The first-order valence-corrected chi connectivity index (χ1v) is 12.3. The number of nitriles is 1. The zero-order valence-electron chi connectivity index (χ0n) is 30.4. The summed E-state index contributed by atoms with van der Waals surface area (Å²) in [5.41, 5.74) is 1.70. The van der Waals surface area contributed by atoms with Crippen molar-refractivity contribution in [2.75, 3.05) is 32.4 Å². The minimum absolute atomic E-state index is 0.0232. The number of nitrogens with zero attached hydrogens (tertiary/aromatic N) is 4. The highest BCUT2D eigenvalue weighted by molar-refractivity contribution is 6.32. The molecule has 1 N–H and O–H groups in total. The molecule has 4 aromatic rings. The van der Waals surface area contributed by atoms with Gasteiger partial charge in [0.1, 0.15) is 24.2 Å². The molecule has 0 saturated heterocycles. The Hall–Kier alpha value is -4.45. The van der Waals surface area contributed by atoms with Crippen LogP contribution in [0.2, 0.25) is 5.02 Å². The molecular weight excluding hydrogens is 526 g/mol. The zero-order chi connectivity index (χ0) is 36.1. The van der Waals surface area contributed by atoms with Crippen molar-refractivity contribution in [2.45, 2.75) is 19.9 Å². The van der Waals surface area contributed by atoms with Crippen LogP contribution in [0.3, 0.4) is 0 Å². The number of nitrogens with one attached hydrogen (secondary N) is 1. The minimum atomic E-state index is -3.20. The van der Waals surface area contributed by atoms with Crippen LogP contribution in [0, 0.1) is 11.3 Å². The van der Waals surface area contributed by atoms with Crippen molar-refractivity contribution in [3.8, 4) is 17.6 Å². The summed E-state index contributed by atoms with van der Waals surface area (Å²) in [6, 6.07) is 14.7. The van der Waals surface area contributed by atoms with E-state index in [9.17, 15) is 10.1 Å². The number of pyridine rings is 2. The fourth-order valence-electron chi connectivity index (χ4n) is 3.78. The predicted octanol–water partition coefficient (Wildman–Crippen LogP) is 6.11. The van der Waals surface area contributed by atoms with Gasteiger partial charge in [0, 0.05) is 56.3 Å². The molecule has 0 amide bonds. The highest BCUT2D eigenvalue weighted by atomic mass is 35.5. The fraction of sp³-hybridized carbons (Fsp3) is 0.226. The van der Waals surface area contributed by atoms with Crippen LogP contribution in [-0.4, -0.2) is 47.8 Å². The molecule has 2 aromatic carbocycles. The molecule has 0 radical (unpaired) electrons. The smallest absolute Gasteiger partial charge is 0.159 e. The highest BCUT2D eigenvalue weighted by Gasteiger charge is 2.16. The van der Waals surface area contributed by atoms with E-state index in [1.165, 1.54) is 25.4 Å². The number of allylic oxidation sites excluding steroid dienone is 1. The first-order valence-electron chi connectivity index (χ1n) is 16.4. The fourth-order valence-corrected chi connectivity index (χ4v) is 4.02. The molecule has 4 rings (SSSR count). The standard InChI is InChI=1S/C31H30ClN5O3/c1-4-39-30-17-28-26(15-21(30)14-25(38)9-7-13-37(2)3)31(22(18-33)19-35-28)36-23-10-11-29(27(32)16-23)40-20-24-8-5-6-12-34-24/h5-12,15-17,19H,4,13-14,20H2,1-3H3,(H,35,36)/b9-7+/i1D3,2D3,4D2,7D. The molecule has 0 aliphatic carbocycles. The predicted molar refractivity (Wildman–Crippen MR) is 157 cm³/mol. The second kappa shape index (κ2) is 13.6. The zero-order valence-corrected chi connectivity index (χ0v) is 22.1. The number of likely N-dealkylation sites (N-methyl/N-ethyl adjacent to an activating group) is 1. The van der Waals surface area contributed by atoms with E-state index in [1.807, 2.05) is 6.07 Å². The topological polar surface area (TPSA) is 100 Å². The van der Waals surface area contributed by atoms with Crippen LogP contribution in [0.5, 0.6) is 11.5 Å².